The quantitative estimate of drug-likeness (QED) is 0.624. The van der Waals surface area contributed by atoms with Crippen LogP contribution in [-0.4, -0.2) is 12.3 Å². The summed E-state index contributed by atoms with van der Waals surface area (Å²) < 4.78 is 0. The van der Waals surface area contributed by atoms with Crippen molar-refractivity contribution in [2.24, 2.45) is 5.92 Å². The first-order chi connectivity index (χ1) is 7.10. The number of carbonyl (C=O) groups is 1. The van der Waals surface area contributed by atoms with Gasteiger partial charge in [0.2, 0.25) is 0 Å². The molecule has 0 radical (unpaired) electrons. The highest BCUT2D eigenvalue weighted by atomic mass is 16.1. The maximum absolute atomic E-state index is 10.8. The monoisotopic (exact) mass is 211 g/mol. The molecule has 0 aliphatic rings. The average Bonchev–Trinajstić information content (AvgIpc) is 2.17. The van der Waals surface area contributed by atoms with E-state index in [0.717, 1.165) is 18.2 Å². The molecule has 0 saturated heterocycles. The van der Waals surface area contributed by atoms with E-state index >= 15 is 0 Å². The number of ketones is 1. The Morgan fingerprint density at radius 3 is 2.47 bits per heavy atom. The first-order valence-electron chi connectivity index (χ1n) is 6.02. The Morgan fingerprint density at radius 2 is 2.00 bits per heavy atom. The van der Waals surface area contributed by atoms with E-state index in [-0.39, 0.29) is 5.78 Å². The van der Waals surface area contributed by atoms with Gasteiger partial charge in [-0.2, -0.15) is 0 Å². The van der Waals surface area contributed by atoms with Crippen molar-refractivity contribution in [2.75, 3.05) is 6.54 Å². The second-order valence-corrected chi connectivity index (χ2v) is 4.24. The Balaban J connectivity index is 3.84. The lowest BCUT2D eigenvalue weighted by Gasteiger charge is -2.16. The van der Waals surface area contributed by atoms with E-state index in [9.17, 15) is 4.79 Å². The fourth-order valence-electron chi connectivity index (χ4n) is 1.60. The van der Waals surface area contributed by atoms with Gasteiger partial charge in [0.05, 0.1) is 0 Å². The van der Waals surface area contributed by atoms with Crippen LogP contribution >= 0.6 is 0 Å². The summed E-state index contributed by atoms with van der Waals surface area (Å²) in [5.41, 5.74) is 0.984. The van der Waals surface area contributed by atoms with E-state index in [0.29, 0.717) is 0 Å². The predicted molar refractivity (Wildman–Crippen MR) is 65.7 cm³/mol. The highest BCUT2D eigenvalue weighted by molar-refractivity contribution is 5.87. The van der Waals surface area contributed by atoms with Crippen molar-refractivity contribution in [1.29, 1.82) is 0 Å². The summed E-state index contributed by atoms with van der Waals surface area (Å²) in [5, 5.41) is 3.31. The number of hydrogen-bond acceptors (Lipinski definition) is 2. The third-order valence-electron chi connectivity index (χ3n) is 2.63. The minimum atomic E-state index is 0.113. The number of rotatable bonds is 8. The number of nitrogens with one attached hydrogen (secondary N) is 1. The number of allylic oxidation sites excluding steroid dienone is 2. The van der Waals surface area contributed by atoms with Gasteiger partial charge in [-0.1, -0.05) is 33.1 Å². The zero-order valence-corrected chi connectivity index (χ0v) is 10.6. The largest absolute Gasteiger partial charge is 0.388 e. The Morgan fingerprint density at radius 1 is 1.33 bits per heavy atom. The van der Waals surface area contributed by atoms with E-state index in [4.69, 9.17) is 0 Å². The van der Waals surface area contributed by atoms with Crippen molar-refractivity contribution >= 4 is 5.78 Å². The molecule has 88 valence electrons. The van der Waals surface area contributed by atoms with Gasteiger partial charge >= 0.3 is 0 Å². The second kappa shape index (κ2) is 8.51. The average molecular weight is 211 g/mol. The molecule has 0 amide bonds. The first kappa shape index (κ1) is 14.2. The number of unbranched alkanes of at least 4 members (excludes halogenated alkanes) is 1. The molecule has 0 saturated carbocycles. The van der Waals surface area contributed by atoms with E-state index in [1.807, 2.05) is 6.92 Å². The van der Waals surface area contributed by atoms with Crippen LogP contribution in [0, 0.1) is 5.92 Å². The molecule has 0 aromatic rings. The molecule has 0 spiro atoms. The molecule has 0 aromatic heterocycles. The smallest absolute Gasteiger partial charge is 0.154 e. The van der Waals surface area contributed by atoms with E-state index < -0.39 is 0 Å². The van der Waals surface area contributed by atoms with Crippen molar-refractivity contribution < 1.29 is 4.79 Å². The molecular weight excluding hydrogens is 186 g/mol. The third kappa shape index (κ3) is 8.22. The van der Waals surface area contributed by atoms with Crippen LogP contribution in [0.2, 0.25) is 0 Å². The second-order valence-electron chi connectivity index (χ2n) is 4.24. The molecule has 0 aliphatic carbocycles. The molecule has 1 atom stereocenters. The van der Waals surface area contributed by atoms with Crippen molar-refractivity contribution in [3.05, 3.63) is 11.8 Å². The van der Waals surface area contributed by atoms with Crippen LogP contribution in [0.3, 0.4) is 0 Å². The van der Waals surface area contributed by atoms with Crippen LogP contribution in [-0.2, 0) is 4.79 Å². The van der Waals surface area contributed by atoms with Gasteiger partial charge in [0, 0.05) is 12.2 Å². The summed E-state index contributed by atoms with van der Waals surface area (Å²) in [7, 11) is 0. The summed E-state index contributed by atoms with van der Waals surface area (Å²) in [5.74, 6) is 0.849. The van der Waals surface area contributed by atoms with Crippen molar-refractivity contribution in [2.45, 2.75) is 53.4 Å². The van der Waals surface area contributed by atoms with Crippen LogP contribution < -0.4 is 5.32 Å². The zero-order valence-electron chi connectivity index (χ0n) is 10.6. The Hall–Kier alpha value is -0.790. The molecule has 0 aliphatic heterocycles. The van der Waals surface area contributed by atoms with Crippen molar-refractivity contribution in [3.8, 4) is 0 Å². The summed E-state index contributed by atoms with van der Waals surface area (Å²) in [6.45, 7) is 8.98. The van der Waals surface area contributed by atoms with Crippen LogP contribution in [0.15, 0.2) is 11.8 Å². The molecule has 0 aromatic carbocycles. The predicted octanol–water partition coefficient (Wildman–Crippen LogP) is 3.29. The van der Waals surface area contributed by atoms with Gasteiger partial charge in [0.1, 0.15) is 0 Å². The minimum Gasteiger partial charge on any atom is -0.388 e. The summed E-state index contributed by atoms with van der Waals surface area (Å²) >= 11 is 0. The zero-order chi connectivity index (χ0) is 11.7. The maximum atomic E-state index is 10.8. The van der Waals surface area contributed by atoms with E-state index in [1.54, 1.807) is 13.0 Å². The Bertz CT molecular complexity index is 209. The van der Waals surface area contributed by atoms with E-state index in [1.165, 1.54) is 25.7 Å². The summed E-state index contributed by atoms with van der Waals surface area (Å²) in [4.78, 5) is 10.8. The normalized spacial score (nSPS) is 13.7. The van der Waals surface area contributed by atoms with Crippen LogP contribution in [0.1, 0.15) is 53.4 Å². The molecule has 0 rings (SSSR count). The molecule has 2 heteroatoms. The fourth-order valence-corrected chi connectivity index (χ4v) is 1.60. The van der Waals surface area contributed by atoms with Gasteiger partial charge in [0.25, 0.3) is 0 Å². The molecule has 1 unspecified atom stereocenters. The standard InChI is InChI=1S/C13H25NO/c1-5-7-8-13(6-2)10-14-11(3)9-12(4)15/h9,13-14H,5-8,10H2,1-4H3/b11-9-. The van der Waals surface area contributed by atoms with E-state index in [2.05, 4.69) is 19.2 Å². The molecule has 15 heavy (non-hydrogen) atoms. The summed E-state index contributed by atoms with van der Waals surface area (Å²) in [6, 6.07) is 0. The third-order valence-corrected chi connectivity index (χ3v) is 2.63. The first-order valence-corrected chi connectivity index (χ1v) is 6.02. The van der Waals surface area contributed by atoms with Gasteiger partial charge in [-0.15, -0.1) is 0 Å². The Labute approximate surface area is 94.1 Å². The summed E-state index contributed by atoms with van der Waals surface area (Å²) in [6.07, 6.45) is 6.72. The lowest BCUT2D eigenvalue weighted by atomic mass is 9.99. The molecule has 1 N–H and O–H groups in total. The van der Waals surface area contributed by atoms with Gasteiger partial charge in [-0.25, -0.2) is 0 Å². The highest BCUT2D eigenvalue weighted by Crippen LogP contribution is 2.11. The lowest BCUT2D eigenvalue weighted by molar-refractivity contribution is -0.112. The Kier molecular flexibility index (Phi) is 8.06. The van der Waals surface area contributed by atoms with Crippen LogP contribution in [0.4, 0.5) is 0 Å². The number of hydrogen-bond donors (Lipinski definition) is 1. The van der Waals surface area contributed by atoms with Crippen molar-refractivity contribution in [1.82, 2.24) is 5.32 Å². The lowest BCUT2D eigenvalue weighted by Crippen LogP contribution is -2.21. The molecule has 2 nitrogen and oxygen atoms in total. The van der Waals surface area contributed by atoms with Gasteiger partial charge in [0.15, 0.2) is 5.78 Å². The molecule has 0 bridgehead atoms. The van der Waals surface area contributed by atoms with Gasteiger partial charge < -0.3 is 5.32 Å². The topological polar surface area (TPSA) is 29.1 Å². The molecular formula is C13H25NO. The van der Waals surface area contributed by atoms with Gasteiger partial charge in [-0.3, -0.25) is 4.79 Å². The van der Waals surface area contributed by atoms with Crippen LogP contribution in [0.5, 0.6) is 0 Å². The molecule has 0 fully saturated rings. The fraction of sp³-hybridized carbons (Fsp3) is 0.769. The SMILES string of the molecule is CCCCC(CC)CN/C(C)=C\C(C)=O. The van der Waals surface area contributed by atoms with Crippen LogP contribution in [0.25, 0.3) is 0 Å². The molecule has 0 heterocycles. The van der Waals surface area contributed by atoms with Gasteiger partial charge in [-0.05, 0) is 32.3 Å². The number of carbonyl (C=O) groups excluding carboxylic acids is 1. The van der Waals surface area contributed by atoms with Crippen molar-refractivity contribution in [3.63, 3.8) is 0 Å². The minimum absolute atomic E-state index is 0.113. The highest BCUT2D eigenvalue weighted by Gasteiger charge is 2.04. The maximum Gasteiger partial charge on any atom is 0.154 e.